The Balaban J connectivity index is 3.45. The van der Waals surface area contributed by atoms with Gasteiger partial charge in [0.25, 0.3) is 0 Å². The predicted molar refractivity (Wildman–Crippen MR) is 83.5 cm³/mol. The van der Waals surface area contributed by atoms with Crippen LogP contribution in [0, 0.1) is 5.92 Å². The lowest BCUT2D eigenvalue weighted by Gasteiger charge is -2.24. The molecule has 0 atom stereocenters. The van der Waals surface area contributed by atoms with Gasteiger partial charge in [0.1, 0.15) is 0 Å². The van der Waals surface area contributed by atoms with E-state index in [4.69, 9.17) is 69.6 Å². The number of hydrogen-bond acceptors (Lipinski definition) is 0. The van der Waals surface area contributed by atoms with Crippen molar-refractivity contribution in [2.24, 2.45) is 5.92 Å². The van der Waals surface area contributed by atoms with E-state index in [9.17, 15) is 0 Å². The summed E-state index contributed by atoms with van der Waals surface area (Å²) < 4.78 is -3.06. The van der Waals surface area contributed by atoms with E-state index in [1.807, 2.05) is 0 Å². The summed E-state index contributed by atoms with van der Waals surface area (Å²) in [6.45, 7) is 4.11. The summed E-state index contributed by atoms with van der Waals surface area (Å²) in [6, 6.07) is 5.20. The predicted octanol–water partition coefficient (Wildman–Crippen LogP) is 6.54. The Morgan fingerprint density at radius 1 is 0.889 bits per heavy atom. The Hall–Kier alpha value is 0.960. The largest absolute Gasteiger partial charge is 0.216 e. The maximum Gasteiger partial charge on any atom is 0.216 e. The summed E-state index contributed by atoms with van der Waals surface area (Å²) in [4.78, 5) is 0. The first kappa shape index (κ1) is 17.0. The third-order valence-electron chi connectivity index (χ3n) is 2.40. The number of alkyl halides is 6. The highest BCUT2D eigenvalue weighted by Gasteiger charge is 2.33. The zero-order valence-electron chi connectivity index (χ0n) is 9.78. The fourth-order valence-corrected chi connectivity index (χ4v) is 2.81. The minimum atomic E-state index is -1.53. The van der Waals surface area contributed by atoms with Crippen molar-refractivity contribution in [3.63, 3.8) is 0 Å². The summed E-state index contributed by atoms with van der Waals surface area (Å²) in [7, 11) is 0. The summed E-state index contributed by atoms with van der Waals surface area (Å²) in [5.41, 5.74) is 1.91. The molecule has 1 aromatic carbocycles. The molecule has 0 saturated heterocycles. The molecule has 0 radical (unpaired) electrons. The highest BCUT2D eigenvalue weighted by atomic mass is 35.6. The first-order valence-corrected chi connectivity index (χ1v) is 7.56. The SMILES string of the molecule is CC(C)Cc1c(C(Cl)(Cl)Cl)cccc1C(Cl)(Cl)Cl. The highest BCUT2D eigenvalue weighted by molar-refractivity contribution is 6.67. The molecule has 0 unspecified atom stereocenters. The van der Waals surface area contributed by atoms with Crippen molar-refractivity contribution in [3.05, 3.63) is 34.9 Å². The Morgan fingerprint density at radius 2 is 1.28 bits per heavy atom. The molecule has 0 aliphatic rings. The van der Waals surface area contributed by atoms with Crippen LogP contribution >= 0.6 is 69.6 Å². The molecular formula is C12H12Cl6. The van der Waals surface area contributed by atoms with Crippen molar-refractivity contribution in [2.75, 3.05) is 0 Å². The second kappa shape index (κ2) is 6.16. The third-order valence-corrected chi connectivity index (χ3v) is 3.62. The van der Waals surface area contributed by atoms with E-state index in [0.717, 1.165) is 5.56 Å². The summed E-state index contributed by atoms with van der Waals surface area (Å²) in [6.07, 6.45) is 0.674. The lowest BCUT2D eigenvalue weighted by molar-refractivity contribution is 0.639. The minimum absolute atomic E-state index is 0.351. The quantitative estimate of drug-likeness (QED) is 0.520. The van der Waals surface area contributed by atoms with E-state index in [2.05, 4.69) is 13.8 Å². The molecule has 0 saturated carbocycles. The van der Waals surface area contributed by atoms with Gasteiger partial charge in [-0.25, -0.2) is 0 Å². The van der Waals surface area contributed by atoms with Gasteiger partial charge in [-0.05, 0) is 17.9 Å². The van der Waals surface area contributed by atoms with Crippen LogP contribution in [-0.2, 0) is 14.0 Å². The van der Waals surface area contributed by atoms with Crippen molar-refractivity contribution < 1.29 is 0 Å². The van der Waals surface area contributed by atoms with E-state index in [1.54, 1.807) is 18.2 Å². The van der Waals surface area contributed by atoms with Crippen LogP contribution in [0.1, 0.15) is 30.5 Å². The summed E-state index contributed by atoms with van der Waals surface area (Å²) in [5.74, 6) is 0.351. The van der Waals surface area contributed by atoms with Gasteiger partial charge in [0.15, 0.2) is 0 Å². The minimum Gasteiger partial charge on any atom is -0.0784 e. The number of rotatable bonds is 2. The lowest BCUT2D eigenvalue weighted by atomic mass is 9.94. The zero-order chi connectivity index (χ0) is 14.1. The van der Waals surface area contributed by atoms with Crippen LogP contribution in [0.5, 0.6) is 0 Å². The average molecular weight is 369 g/mol. The Morgan fingerprint density at radius 3 is 1.56 bits per heavy atom. The van der Waals surface area contributed by atoms with E-state index < -0.39 is 7.59 Å². The van der Waals surface area contributed by atoms with Gasteiger partial charge < -0.3 is 0 Å². The third kappa shape index (κ3) is 4.51. The smallest absolute Gasteiger partial charge is 0.0784 e. The Kier molecular flexibility index (Phi) is 5.82. The number of halogens is 6. The molecular weight excluding hydrogens is 357 g/mol. The lowest BCUT2D eigenvalue weighted by Crippen LogP contribution is -2.14. The molecule has 0 fully saturated rings. The molecule has 6 heteroatoms. The molecule has 0 aliphatic carbocycles. The molecule has 18 heavy (non-hydrogen) atoms. The van der Waals surface area contributed by atoms with Crippen LogP contribution in [0.3, 0.4) is 0 Å². The molecule has 1 rings (SSSR count). The van der Waals surface area contributed by atoms with Gasteiger partial charge in [0.05, 0.1) is 0 Å². The van der Waals surface area contributed by atoms with Crippen LogP contribution in [0.25, 0.3) is 0 Å². The van der Waals surface area contributed by atoms with Gasteiger partial charge in [0, 0.05) is 11.1 Å². The first-order chi connectivity index (χ1) is 8.03. The van der Waals surface area contributed by atoms with E-state index >= 15 is 0 Å². The number of benzene rings is 1. The van der Waals surface area contributed by atoms with Crippen molar-refractivity contribution in [3.8, 4) is 0 Å². The van der Waals surface area contributed by atoms with Crippen molar-refractivity contribution in [2.45, 2.75) is 27.9 Å². The number of hydrogen-bond donors (Lipinski definition) is 0. The molecule has 0 spiro atoms. The van der Waals surface area contributed by atoms with Crippen LogP contribution in [0.15, 0.2) is 18.2 Å². The van der Waals surface area contributed by atoms with Crippen molar-refractivity contribution >= 4 is 69.6 Å². The van der Waals surface area contributed by atoms with E-state index in [-0.39, 0.29) is 0 Å². The molecule has 1 aromatic rings. The van der Waals surface area contributed by atoms with Gasteiger partial charge in [-0.1, -0.05) is 102 Å². The van der Waals surface area contributed by atoms with Crippen LogP contribution in [0.4, 0.5) is 0 Å². The maximum absolute atomic E-state index is 5.97. The second-order valence-corrected chi connectivity index (χ2v) is 8.99. The van der Waals surface area contributed by atoms with Gasteiger partial charge in [-0.2, -0.15) is 0 Å². The van der Waals surface area contributed by atoms with Gasteiger partial charge in [-0.3, -0.25) is 0 Å². The molecule has 102 valence electrons. The average Bonchev–Trinajstić information content (AvgIpc) is 2.13. The van der Waals surface area contributed by atoms with Crippen LogP contribution < -0.4 is 0 Å². The zero-order valence-corrected chi connectivity index (χ0v) is 14.3. The van der Waals surface area contributed by atoms with Crippen LogP contribution in [-0.4, -0.2) is 0 Å². The fraction of sp³-hybridized carbons (Fsp3) is 0.500. The van der Waals surface area contributed by atoms with Gasteiger partial charge in [-0.15, -0.1) is 0 Å². The highest BCUT2D eigenvalue weighted by Crippen LogP contribution is 2.46. The topological polar surface area (TPSA) is 0 Å². The normalized spacial score (nSPS) is 13.2. The second-order valence-electron chi connectivity index (χ2n) is 4.43. The molecule has 0 aromatic heterocycles. The molecule has 0 nitrogen and oxygen atoms in total. The Bertz CT molecular complexity index is 381. The molecule has 0 N–H and O–H groups in total. The standard InChI is InChI=1S/C12H12Cl6/c1-7(2)6-8-9(11(13,14)15)4-3-5-10(8)12(16,17)18/h3-5,7H,6H2,1-2H3. The first-order valence-electron chi connectivity index (χ1n) is 5.29. The van der Waals surface area contributed by atoms with Gasteiger partial charge >= 0.3 is 0 Å². The molecule has 0 aliphatic heterocycles. The molecule has 0 heterocycles. The monoisotopic (exact) mass is 366 g/mol. The van der Waals surface area contributed by atoms with Crippen LogP contribution in [0.2, 0.25) is 0 Å². The van der Waals surface area contributed by atoms with E-state index in [0.29, 0.717) is 23.5 Å². The summed E-state index contributed by atoms with van der Waals surface area (Å²) >= 11 is 35.8. The molecule has 0 bridgehead atoms. The Labute approximate surface area is 137 Å². The maximum atomic E-state index is 5.97. The fourth-order valence-electron chi connectivity index (χ4n) is 1.75. The van der Waals surface area contributed by atoms with Crippen molar-refractivity contribution in [1.29, 1.82) is 0 Å². The van der Waals surface area contributed by atoms with Crippen molar-refractivity contribution in [1.82, 2.24) is 0 Å². The summed E-state index contributed by atoms with van der Waals surface area (Å²) in [5, 5.41) is 0. The molecule has 0 amide bonds. The van der Waals surface area contributed by atoms with Gasteiger partial charge in [0.2, 0.25) is 7.59 Å². The van der Waals surface area contributed by atoms with E-state index in [1.165, 1.54) is 0 Å².